The highest BCUT2D eigenvalue weighted by atomic mass is 35.5. The van der Waals surface area contributed by atoms with Crippen LogP contribution in [0.1, 0.15) is 16.1 Å². The first-order valence-electron chi connectivity index (χ1n) is 5.17. The van der Waals surface area contributed by atoms with Crippen molar-refractivity contribution in [1.82, 2.24) is 4.98 Å². The molecule has 2 aromatic rings. The Morgan fingerprint density at radius 3 is 2.72 bits per heavy atom. The number of carbonyl (C=O) groups excluding carboxylic acids is 1. The molecule has 1 heterocycles. The van der Waals surface area contributed by atoms with Crippen molar-refractivity contribution in [1.29, 1.82) is 0 Å². The summed E-state index contributed by atoms with van der Waals surface area (Å²) in [6.07, 6.45) is 2.17. The van der Waals surface area contributed by atoms with E-state index in [0.717, 1.165) is 5.56 Å². The molecule has 0 unspecified atom stereocenters. The van der Waals surface area contributed by atoms with Crippen molar-refractivity contribution in [3.63, 3.8) is 0 Å². The number of halogens is 2. The number of aldehydes is 1. The fraction of sp³-hybridized carbons (Fsp3) is 0.0769. The minimum Gasteiger partial charge on any atom is -0.487 e. The van der Waals surface area contributed by atoms with Crippen molar-refractivity contribution in [3.8, 4) is 5.75 Å². The van der Waals surface area contributed by atoms with Gasteiger partial charge in [-0.2, -0.15) is 0 Å². The first kappa shape index (κ1) is 12.9. The third-order valence-corrected chi connectivity index (χ3v) is 2.89. The van der Waals surface area contributed by atoms with Crippen molar-refractivity contribution in [2.45, 2.75) is 6.61 Å². The maximum atomic E-state index is 10.4. The Morgan fingerprint density at radius 1 is 1.22 bits per heavy atom. The van der Waals surface area contributed by atoms with Gasteiger partial charge in [0.05, 0.1) is 6.20 Å². The first-order chi connectivity index (χ1) is 8.69. The monoisotopic (exact) mass is 281 g/mol. The van der Waals surface area contributed by atoms with Crippen molar-refractivity contribution in [2.24, 2.45) is 0 Å². The van der Waals surface area contributed by atoms with E-state index in [2.05, 4.69) is 4.98 Å². The fourth-order valence-corrected chi connectivity index (χ4v) is 1.73. The third-order valence-electron chi connectivity index (χ3n) is 2.28. The highest BCUT2D eigenvalue weighted by Crippen LogP contribution is 2.22. The molecule has 0 saturated heterocycles. The van der Waals surface area contributed by atoms with Crippen LogP contribution >= 0.6 is 23.2 Å². The average molecular weight is 282 g/mol. The zero-order valence-electron chi connectivity index (χ0n) is 9.27. The van der Waals surface area contributed by atoms with E-state index in [4.69, 9.17) is 27.9 Å². The molecule has 0 aliphatic heterocycles. The van der Waals surface area contributed by atoms with Gasteiger partial charge in [-0.3, -0.25) is 4.79 Å². The lowest BCUT2D eigenvalue weighted by Gasteiger charge is -2.07. The minimum atomic E-state index is 0.293. The maximum absolute atomic E-state index is 10.4. The summed E-state index contributed by atoms with van der Waals surface area (Å²) < 4.78 is 5.51. The van der Waals surface area contributed by atoms with Gasteiger partial charge in [0.15, 0.2) is 6.29 Å². The van der Waals surface area contributed by atoms with Crippen LogP contribution in [0.2, 0.25) is 10.0 Å². The number of nitrogens with zero attached hydrogens (tertiary/aromatic N) is 1. The number of benzene rings is 1. The summed E-state index contributed by atoms with van der Waals surface area (Å²) in [7, 11) is 0. The lowest BCUT2D eigenvalue weighted by Crippen LogP contribution is -1.97. The van der Waals surface area contributed by atoms with E-state index >= 15 is 0 Å². The lowest BCUT2D eigenvalue weighted by atomic mass is 10.2. The molecule has 1 aromatic heterocycles. The van der Waals surface area contributed by atoms with Crippen LogP contribution in [0.5, 0.6) is 5.75 Å². The average Bonchev–Trinajstić information content (AvgIpc) is 2.40. The Morgan fingerprint density at radius 2 is 2.06 bits per heavy atom. The lowest BCUT2D eigenvalue weighted by molar-refractivity contribution is 0.111. The molecule has 3 nitrogen and oxygen atoms in total. The molecule has 0 fully saturated rings. The zero-order chi connectivity index (χ0) is 13.0. The van der Waals surface area contributed by atoms with Crippen LogP contribution < -0.4 is 4.74 Å². The number of hydrogen-bond acceptors (Lipinski definition) is 3. The van der Waals surface area contributed by atoms with Crippen molar-refractivity contribution >= 4 is 29.5 Å². The number of pyridine rings is 1. The zero-order valence-corrected chi connectivity index (χ0v) is 10.8. The summed E-state index contributed by atoms with van der Waals surface area (Å²) in [5.74, 6) is 0.566. The van der Waals surface area contributed by atoms with Crippen LogP contribution in [0.3, 0.4) is 0 Å². The first-order valence-corrected chi connectivity index (χ1v) is 5.92. The van der Waals surface area contributed by atoms with Crippen LogP contribution in [-0.2, 0) is 6.61 Å². The molecule has 0 radical (unpaired) electrons. The summed E-state index contributed by atoms with van der Waals surface area (Å²) in [4.78, 5) is 14.3. The van der Waals surface area contributed by atoms with Gasteiger partial charge in [-0.1, -0.05) is 23.2 Å². The van der Waals surface area contributed by atoms with E-state index in [1.807, 2.05) is 0 Å². The molecule has 0 amide bonds. The standard InChI is InChI=1S/C13H9Cl2NO2/c14-10-1-4-13(15)9(5-10)8-18-12-3-2-11(7-17)16-6-12/h1-7H,8H2. The predicted molar refractivity (Wildman–Crippen MR) is 70.4 cm³/mol. The van der Waals surface area contributed by atoms with Gasteiger partial charge in [-0.25, -0.2) is 4.98 Å². The molecule has 2 rings (SSSR count). The van der Waals surface area contributed by atoms with E-state index in [1.54, 1.807) is 30.3 Å². The number of carbonyl (C=O) groups is 1. The SMILES string of the molecule is O=Cc1ccc(OCc2cc(Cl)ccc2Cl)cn1. The molecule has 0 aliphatic rings. The highest BCUT2D eigenvalue weighted by Gasteiger charge is 2.03. The van der Waals surface area contributed by atoms with E-state index in [1.165, 1.54) is 6.20 Å². The predicted octanol–water partition coefficient (Wildman–Crippen LogP) is 3.78. The van der Waals surface area contributed by atoms with Gasteiger partial charge >= 0.3 is 0 Å². The molecule has 92 valence electrons. The third kappa shape index (κ3) is 3.22. The van der Waals surface area contributed by atoms with Gasteiger partial charge in [0.2, 0.25) is 0 Å². The van der Waals surface area contributed by atoms with Gasteiger partial charge in [-0.05, 0) is 30.3 Å². The summed E-state index contributed by atoms with van der Waals surface area (Å²) in [6.45, 7) is 0.293. The molecule has 5 heteroatoms. The van der Waals surface area contributed by atoms with Gasteiger partial charge in [0, 0.05) is 15.6 Å². The Hall–Kier alpha value is -1.58. The summed E-state index contributed by atoms with van der Waals surface area (Å²) in [6, 6.07) is 8.44. The second kappa shape index (κ2) is 5.85. The van der Waals surface area contributed by atoms with Crippen molar-refractivity contribution < 1.29 is 9.53 Å². The van der Waals surface area contributed by atoms with Crippen LogP contribution in [0.25, 0.3) is 0 Å². The molecular weight excluding hydrogens is 273 g/mol. The quantitative estimate of drug-likeness (QED) is 0.801. The molecule has 0 N–H and O–H groups in total. The Kier molecular flexibility index (Phi) is 4.18. The largest absolute Gasteiger partial charge is 0.487 e. The van der Waals surface area contributed by atoms with E-state index in [9.17, 15) is 4.79 Å². The number of aromatic nitrogens is 1. The molecule has 0 atom stereocenters. The summed E-state index contributed by atoms with van der Waals surface area (Å²) >= 11 is 11.9. The second-order valence-corrected chi connectivity index (χ2v) is 4.40. The van der Waals surface area contributed by atoms with Gasteiger partial charge in [0.1, 0.15) is 18.1 Å². The number of hydrogen-bond donors (Lipinski definition) is 0. The minimum absolute atomic E-state index is 0.293. The Labute approximate surface area is 114 Å². The smallest absolute Gasteiger partial charge is 0.168 e. The van der Waals surface area contributed by atoms with E-state index < -0.39 is 0 Å². The van der Waals surface area contributed by atoms with Crippen LogP contribution in [0.15, 0.2) is 36.5 Å². The molecule has 1 aromatic carbocycles. The summed E-state index contributed by atoms with van der Waals surface area (Å²) in [5, 5.41) is 1.20. The van der Waals surface area contributed by atoms with Gasteiger partial charge < -0.3 is 4.74 Å². The molecule has 0 aliphatic carbocycles. The molecule has 0 bridgehead atoms. The highest BCUT2D eigenvalue weighted by molar-refractivity contribution is 6.33. The number of rotatable bonds is 4. The van der Waals surface area contributed by atoms with Crippen molar-refractivity contribution in [3.05, 3.63) is 57.8 Å². The van der Waals surface area contributed by atoms with Gasteiger partial charge in [0.25, 0.3) is 0 Å². The van der Waals surface area contributed by atoms with Gasteiger partial charge in [-0.15, -0.1) is 0 Å². The summed E-state index contributed by atoms with van der Waals surface area (Å²) in [5.41, 5.74) is 1.16. The van der Waals surface area contributed by atoms with Crippen LogP contribution in [0.4, 0.5) is 0 Å². The molecule has 0 spiro atoms. The van der Waals surface area contributed by atoms with Crippen molar-refractivity contribution in [2.75, 3.05) is 0 Å². The van der Waals surface area contributed by atoms with Crippen LogP contribution in [-0.4, -0.2) is 11.3 Å². The molecule has 0 saturated carbocycles. The number of ether oxygens (including phenoxy) is 1. The van der Waals surface area contributed by atoms with Crippen LogP contribution in [0, 0.1) is 0 Å². The van der Waals surface area contributed by atoms with E-state index in [-0.39, 0.29) is 0 Å². The normalized spacial score (nSPS) is 10.1. The maximum Gasteiger partial charge on any atom is 0.168 e. The second-order valence-electron chi connectivity index (χ2n) is 3.56. The Balaban J connectivity index is 2.06. The fourth-order valence-electron chi connectivity index (χ4n) is 1.36. The molecular formula is C13H9Cl2NO2. The van der Waals surface area contributed by atoms with E-state index in [0.29, 0.717) is 34.4 Å². The molecule has 18 heavy (non-hydrogen) atoms. The Bertz CT molecular complexity index is 555. The topological polar surface area (TPSA) is 39.2 Å².